The van der Waals surface area contributed by atoms with Crippen LogP contribution in [-0.4, -0.2) is 25.1 Å². The molecular weight excluding hydrogens is 391 g/mol. The van der Waals surface area contributed by atoms with Gasteiger partial charge >= 0.3 is 11.7 Å². The van der Waals surface area contributed by atoms with Gasteiger partial charge < -0.3 is 9.30 Å². The van der Waals surface area contributed by atoms with Gasteiger partial charge in [-0.05, 0) is 37.5 Å². The van der Waals surface area contributed by atoms with Crippen LogP contribution in [0.4, 0.5) is 4.39 Å². The normalized spacial score (nSPS) is 11.2. The Balaban J connectivity index is 2.00. The number of H-pyrrole nitrogens is 1. The monoisotopic (exact) mass is 416 g/mol. The van der Waals surface area contributed by atoms with Crippen LogP contribution in [-0.2, 0) is 24.4 Å². The minimum Gasteiger partial charge on any atom is -0.454 e. The van der Waals surface area contributed by atoms with Gasteiger partial charge in [-0.3, -0.25) is 14.3 Å². The second-order valence-corrected chi connectivity index (χ2v) is 7.15. The van der Waals surface area contributed by atoms with E-state index in [0.29, 0.717) is 30.9 Å². The molecule has 0 saturated heterocycles. The highest BCUT2D eigenvalue weighted by molar-refractivity contribution is 5.91. The number of rotatable bonds is 8. The number of imidazole rings is 1. The molecule has 2 heterocycles. The molecule has 0 aliphatic rings. The Morgan fingerprint density at radius 3 is 2.63 bits per heavy atom. The van der Waals surface area contributed by atoms with Gasteiger partial charge in [-0.15, -0.1) is 0 Å². The molecule has 8 nitrogen and oxygen atoms in total. The molecule has 0 saturated carbocycles. The zero-order valence-corrected chi connectivity index (χ0v) is 17.3. The number of benzene rings is 1. The average Bonchev–Trinajstić information content (AvgIpc) is 3.07. The van der Waals surface area contributed by atoms with Crippen LogP contribution in [0.5, 0.6) is 0 Å². The molecule has 9 heteroatoms. The lowest BCUT2D eigenvalue weighted by atomic mass is 10.1. The van der Waals surface area contributed by atoms with Crippen LogP contribution in [0, 0.1) is 12.7 Å². The summed E-state index contributed by atoms with van der Waals surface area (Å²) in [6.07, 6.45) is 2.34. The van der Waals surface area contributed by atoms with Gasteiger partial charge in [-0.25, -0.2) is 19.0 Å². The van der Waals surface area contributed by atoms with Crippen LogP contribution in [0.25, 0.3) is 11.2 Å². The maximum atomic E-state index is 13.5. The van der Waals surface area contributed by atoms with Gasteiger partial charge in [0.15, 0.2) is 11.2 Å². The number of fused-ring (bicyclic) bond motifs is 1. The summed E-state index contributed by atoms with van der Waals surface area (Å²) in [6, 6.07) is 3.90. The summed E-state index contributed by atoms with van der Waals surface area (Å²) in [5.74, 6) is -0.854. The molecule has 2 aromatic heterocycles. The van der Waals surface area contributed by atoms with Crippen LogP contribution in [0.1, 0.15) is 54.9 Å². The molecular formula is C21H25FN4O4. The number of carbonyl (C=O) groups is 1. The van der Waals surface area contributed by atoms with Crippen LogP contribution < -0.4 is 11.2 Å². The second kappa shape index (κ2) is 9.06. The summed E-state index contributed by atoms with van der Waals surface area (Å²) in [6.45, 7) is 6.33. The zero-order valence-electron chi connectivity index (χ0n) is 17.3. The fourth-order valence-electron chi connectivity index (χ4n) is 3.34. The molecule has 0 amide bonds. The Bertz CT molecular complexity index is 1190. The molecule has 0 radical (unpaired) electrons. The molecule has 3 rings (SSSR count). The number of nitrogens with zero attached hydrogens (tertiary/aromatic N) is 3. The summed E-state index contributed by atoms with van der Waals surface area (Å²) in [5.41, 5.74) is 0.238. The number of halogens is 1. The lowest BCUT2D eigenvalue weighted by Crippen LogP contribution is -2.31. The number of aryl methyl sites for hydroxylation is 3. The smallest absolute Gasteiger partial charge is 0.338 e. The van der Waals surface area contributed by atoms with Gasteiger partial charge in [0, 0.05) is 13.1 Å². The first-order valence-corrected chi connectivity index (χ1v) is 10.0. The van der Waals surface area contributed by atoms with E-state index in [1.54, 1.807) is 11.5 Å². The molecule has 0 spiro atoms. The van der Waals surface area contributed by atoms with Crippen molar-refractivity contribution in [2.45, 2.75) is 59.7 Å². The highest BCUT2D eigenvalue weighted by atomic mass is 19.1. The first-order chi connectivity index (χ1) is 14.4. The summed E-state index contributed by atoms with van der Waals surface area (Å²) in [4.78, 5) is 44.1. The molecule has 3 aromatic rings. The highest BCUT2D eigenvalue weighted by Gasteiger charge is 2.20. The largest absolute Gasteiger partial charge is 0.454 e. The van der Waals surface area contributed by atoms with Crippen molar-refractivity contribution in [1.29, 1.82) is 0 Å². The predicted octanol–water partition coefficient (Wildman–Crippen LogP) is 2.90. The summed E-state index contributed by atoms with van der Waals surface area (Å²) < 4.78 is 22.0. The van der Waals surface area contributed by atoms with E-state index in [0.717, 1.165) is 18.9 Å². The quantitative estimate of drug-likeness (QED) is 0.569. The second-order valence-electron chi connectivity index (χ2n) is 7.15. The van der Waals surface area contributed by atoms with E-state index in [4.69, 9.17) is 4.74 Å². The number of esters is 1. The van der Waals surface area contributed by atoms with E-state index in [2.05, 4.69) is 9.97 Å². The van der Waals surface area contributed by atoms with Gasteiger partial charge in [0.05, 0.1) is 5.56 Å². The number of nitrogens with one attached hydrogen (secondary N) is 1. The van der Waals surface area contributed by atoms with Crippen molar-refractivity contribution in [3.63, 3.8) is 0 Å². The van der Waals surface area contributed by atoms with E-state index < -0.39 is 23.0 Å². The number of ether oxygens (including phenoxy) is 1. The van der Waals surface area contributed by atoms with E-state index in [1.807, 2.05) is 13.8 Å². The van der Waals surface area contributed by atoms with Gasteiger partial charge in [0.25, 0.3) is 5.56 Å². The molecule has 1 N–H and O–H groups in total. The van der Waals surface area contributed by atoms with Crippen molar-refractivity contribution in [2.75, 3.05) is 0 Å². The van der Waals surface area contributed by atoms with Crippen molar-refractivity contribution in [3.05, 3.63) is 61.8 Å². The van der Waals surface area contributed by atoms with Crippen LogP contribution in [0.2, 0.25) is 0 Å². The Kier molecular flexibility index (Phi) is 6.49. The number of hydrogen-bond acceptors (Lipinski definition) is 5. The van der Waals surface area contributed by atoms with Crippen LogP contribution >= 0.6 is 0 Å². The van der Waals surface area contributed by atoms with Crippen LogP contribution in [0.15, 0.2) is 27.8 Å². The van der Waals surface area contributed by atoms with Gasteiger partial charge in [0.1, 0.15) is 18.2 Å². The van der Waals surface area contributed by atoms with Crippen molar-refractivity contribution < 1.29 is 13.9 Å². The maximum absolute atomic E-state index is 13.5. The average molecular weight is 416 g/mol. The Morgan fingerprint density at radius 2 is 1.93 bits per heavy atom. The Morgan fingerprint density at radius 1 is 1.17 bits per heavy atom. The number of carbonyl (C=O) groups excluding carboxylic acids is 1. The standard InChI is InChI=1S/C21H25FN4O4/c1-4-6-10-26-18-17(19(27)24-21(26)29)25(9-5-2)16(23-18)12-30-20(28)15-11-14(22)8-7-13(15)3/h7-8,11H,4-6,9-10,12H2,1-3H3,(H,24,27,29). The minimum absolute atomic E-state index is 0.130. The van der Waals surface area contributed by atoms with E-state index in [1.165, 1.54) is 16.7 Å². The minimum atomic E-state index is -0.681. The van der Waals surface area contributed by atoms with Gasteiger partial charge in [-0.2, -0.15) is 0 Å². The highest BCUT2D eigenvalue weighted by Crippen LogP contribution is 2.16. The van der Waals surface area contributed by atoms with E-state index in [9.17, 15) is 18.8 Å². The zero-order chi connectivity index (χ0) is 21.8. The molecule has 0 atom stereocenters. The van der Waals surface area contributed by atoms with Crippen molar-refractivity contribution in [3.8, 4) is 0 Å². The summed E-state index contributed by atoms with van der Waals surface area (Å²) in [7, 11) is 0. The molecule has 0 bridgehead atoms. The van der Waals surface area contributed by atoms with Crippen molar-refractivity contribution in [2.24, 2.45) is 0 Å². The fourth-order valence-corrected chi connectivity index (χ4v) is 3.34. The lowest BCUT2D eigenvalue weighted by Gasteiger charge is -2.09. The predicted molar refractivity (Wildman–Crippen MR) is 110 cm³/mol. The molecule has 0 aliphatic heterocycles. The lowest BCUT2D eigenvalue weighted by molar-refractivity contribution is 0.0457. The van der Waals surface area contributed by atoms with Gasteiger partial charge in [0.2, 0.25) is 0 Å². The van der Waals surface area contributed by atoms with Crippen LogP contribution in [0.3, 0.4) is 0 Å². The number of unbranched alkanes of at least 4 members (excludes halogenated alkanes) is 1. The topological polar surface area (TPSA) is 99.0 Å². The third kappa shape index (κ3) is 4.19. The Hall–Kier alpha value is -3.23. The Labute approximate surface area is 172 Å². The van der Waals surface area contributed by atoms with Crippen molar-refractivity contribution >= 4 is 17.1 Å². The third-order valence-corrected chi connectivity index (χ3v) is 4.90. The van der Waals surface area contributed by atoms with E-state index in [-0.39, 0.29) is 23.3 Å². The number of aromatic nitrogens is 4. The van der Waals surface area contributed by atoms with Gasteiger partial charge in [-0.1, -0.05) is 26.3 Å². The number of hydrogen-bond donors (Lipinski definition) is 1. The molecule has 1 aromatic carbocycles. The summed E-state index contributed by atoms with van der Waals surface area (Å²) >= 11 is 0. The molecule has 0 aliphatic carbocycles. The SMILES string of the molecule is CCCCn1c(=O)[nH]c(=O)c2c1nc(COC(=O)c1cc(F)ccc1C)n2CCC. The first-order valence-electron chi connectivity index (χ1n) is 10.0. The number of aromatic amines is 1. The van der Waals surface area contributed by atoms with Crippen molar-refractivity contribution in [1.82, 2.24) is 19.1 Å². The first kappa shape index (κ1) is 21.5. The fraction of sp³-hybridized carbons (Fsp3) is 0.429. The summed E-state index contributed by atoms with van der Waals surface area (Å²) in [5, 5.41) is 0. The molecule has 0 fully saturated rings. The van der Waals surface area contributed by atoms with E-state index >= 15 is 0 Å². The maximum Gasteiger partial charge on any atom is 0.338 e. The third-order valence-electron chi connectivity index (χ3n) is 4.90. The molecule has 0 unspecified atom stereocenters. The molecule has 160 valence electrons. The molecule has 30 heavy (non-hydrogen) atoms.